The van der Waals surface area contributed by atoms with Gasteiger partial charge in [0.05, 0.1) is 0 Å². The summed E-state index contributed by atoms with van der Waals surface area (Å²) in [5.74, 6) is 1.81. The van der Waals surface area contributed by atoms with Crippen LogP contribution < -0.4 is 0 Å². The van der Waals surface area contributed by atoms with Crippen LogP contribution >= 0.6 is 0 Å². The number of H-pyrrole nitrogens is 1. The van der Waals surface area contributed by atoms with Crippen LogP contribution in [-0.2, 0) is 11.2 Å². The van der Waals surface area contributed by atoms with Crippen molar-refractivity contribution in [2.75, 3.05) is 6.61 Å². The van der Waals surface area contributed by atoms with Crippen LogP contribution in [0.25, 0.3) is 0 Å². The highest BCUT2D eigenvalue weighted by molar-refractivity contribution is 4.95. The molecule has 1 aliphatic rings. The number of nitrogens with zero attached hydrogens (tertiary/aromatic N) is 2. The topological polar surface area (TPSA) is 50.8 Å². The van der Waals surface area contributed by atoms with Crippen molar-refractivity contribution in [1.29, 1.82) is 0 Å². The monoisotopic (exact) mass is 181 g/mol. The number of nitrogens with one attached hydrogen (secondary N) is 1. The lowest BCUT2D eigenvalue weighted by Gasteiger charge is -2.01. The molecule has 1 aromatic rings. The van der Waals surface area contributed by atoms with Gasteiger partial charge in [-0.3, -0.25) is 5.10 Å². The Morgan fingerprint density at radius 1 is 1.62 bits per heavy atom. The average molecular weight is 181 g/mol. The molecule has 13 heavy (non-hydrogen) atoms. The lowest BCUT2D eigenvalue weighted by atomic mass is 10.2. The summed E-state index contributed by atoms with van der Waals surface area (Å²) in [6.07, 6.45) is 4.40. The molecule has 0 aromatic carbocycles. The minimum Gasteiger partial charge on any atom is -0.370 e. The van der Waals surface area contributed by atoms with Crippen LogP contribution in [-0.4, -0.2) is 21.8 Å². The number of rotatable bonds is 3. The summed E-state index contributed by atoms with van der Waals surface area (Å²) in [6.45, 7) is 2.98. The molecule has 1 aromatic heterocycles. The molecule has 0 spiro atoms. The van der Waals surface area contributed by atoms with Crippen molar-refractivity contribution in [3.8, 4) is 0 Å². The maximum atomic E-state index is 5.49. The summed E-state index contributed by atoms with van der Waals surface area (Å²) in [4.78, 5) is 4.39. The quantitative estimate of drug-likeness (QED) is 0.770. The molecule has 1 atom stereocenters. The van der Waals surface area contributed by atoms with Gasteiger partial charge in [-0.1, -0.05) is 6.92 Å². The van der Waals surface area contributed by atoms with Gasteiger partial charge in [-0.05, 0) is 19.3 Å². The van der Waals surface area contributed by atoms with Gasteiger partial charge < -0.3 is 4.74 Å². The minimum atomic E-state index is 0.141. The summed E-state index contributed by atoms with van der Waals surface area (Å²) >= 11 is 0. The number of hydrogen-bond donors (Lipinski definition) is 1. The Morgan fingerprint density at radius 3 is 3.23 bits per heavy atom. The first-order valence-electron chi connectivity index (χ1n) is 4.93. The molecule has 0 bridgehead atoms. The van der Waals surface area contributed by atoms with Gasteiger partial charge in [0.1, 0.15) is 11.9 Å². The third-order valence-electron chi connectivity index (χ3n) is 2.25. The average Bonchev–Trinajstić information content (AvgIpc) is 2.70. The van der Waals surface area contributed by atoms with Gasteiger partial charge in [0.15, 0.2) is 5.82 Å². The van der Waals surface area contributed by atoms with Crippen molar-refractivity contribution in [2.45, 2.75) is 38.7 Å². The molecule has 0 aliphatic carbocycles. The highest BCUT2D eigenvalue weighted by atomic mass is 16.5. The molecule has 4 heteroatoms. The zero-order valence-corrected chi connectivity index (χ0v) is 7.92. The summed E-state index contributed by atoms with van der Waals surface area (Å²) in [5, 5.41) is 7.10. The fourth-order valence-corrected chi connectivity index (χ4v) is 1.58. The van der Waals surface area contributed by atoms with E-state index >= 15 is 0 Å². The number of aromatic amines is 1. The van der Waals surface area contributed by atoms with Gasteiger partial charge in [-0.2, -0.15) is 5.10 Å². The molecule has 1 saturated heterocycles. The first-order chi connectivity index (χ1) is 6.40. The van der Waals surface area contributed by atoms with E-state index in [1.54, 1.807) is 0 Å². The Morgan fingerprint density at radius 2 is 2.54 bits per heavy atom. The fourth-order valence-electron chi connectivity index (χ4n) is 1.58. The molecule has 72 valence electrons. The molecule has 1 fully saturated rings. The number of aromatic nitrogens is 3. The molecule has 2 heterocycles. The maximum absolute atomic E-state index is 5.49. The van der Waals surface area contributed by atoms with E-state index < -0.39 is 0 Å². The van der Waals surface area contributed by atoms with E-state index in [9.17, 15) is 0 Å². The number of hydrogen-bond acceptors (Lipinski definition) is 3. The van der Waals surface area contributed by atoms with Crippen LogP contribution in [0.2, 0.25) is 0 Å². The highest BCUT2D eigenvalue weighted by Crippen LogP contribution is 2.25. The smallest absolute Gasteiger partial charge is 0.179 e. The van der Waals surface area contributed by atoms with Crippen molar-refractivity contribution in [1.82, 2.24) is 15.2 Å². The summed E-state index contributed by atoms with van der Waals surface area (Å²) in [6, 6.07) is 0. The molecular formula is C9H15N3O. The van der Waals surface area contributed by atoms with Gasteiger partial charge in [0.25, 0.3) is 0 Å². The molecule has 1 N–H and O–H groups in total. The summed E-state index contributed by atoms with van der Waals surface area (Å²) in [5.41, 5.74) is 0. The SMILES string of the molecule is CCCc1nc(C2CCCO2)n[nH]1. The van der Waals surface area contributed by atoms with Gasteiger partial charge in [-0.25, -0.2) is 4.98 Å². The highest BCUT2D eigenvalue weighted by Gasteiger charge is 2.21. The molecule has 0 saturated carbocycles. The zero-order chi connectivity index (χ0) is 9.10. The standard InChI is InChI=1S/C9H15N3O/c1-2-4-8-10-9(12-11-8)7-5-3-6-13-7/h7H,2-6H2,1H3,(H,10,11,12). The molecular weight excluding hydrogens is 166 g/mol. The van der Waals surface area contributed by atoms with Gasteiger partial charge in [-0.15, -0.1) is 0 Å². The van der Waals surface area contributed by atoms with Crippen molar-refractivity contribution >= 4 is 0 Å². The predicted octanol–water partition coefficient (Wildman–Crippen LogP) is 1.61. The fraction of sp³-hybridized carbons (Fsp3) is 0.778. The second-order valence-corrected chi connectivity index (χ2v) is 3.39. The Bertz CT molecular complexity index is 266. The van der Waals surface area contributed by atoms with Crippen molar-refractivity contribution in [2.24, 2.45) is 0 Å². The van der Waals surface area contributed by atoms with Crippen molar-refractivity contribution in [3.63, 3.8) is 0 Å². The van der Waals surface area contributed by atoms with Gasteiger partial charge in [0.2, 0.25) is 0 Å². The van der Waals surface area contributed by atoms with E-state index in [1.165, 1.54) is 0 Å². The Balaban J connectivity index is 2.03. The molecule has 1 aliphatic heterocycles. The first kappa shape index (κ1) is 8.69. The lowest BCUT2D eigenvalue weighted by molar-refractivity contribution is 0.105. The molecule has 0 amide bonds. The van der Waals surface area contributed by atoms with Crippen molar-refractivity contribution in [3.05, 3.63) is 11.6 Å². The second kappa shape index (κ2) is 3.87. The van der Waals surface area contributed by atoms with Crippen LogP contribution in [0.15, 0.2) is 0 Å². The van der Waals surface area contributed by atoms with E-state index in [1.807, 2.05) is 0 Å². The third kappa shape index (κ3) is 1.88. The maximum Gasteiger partial charge on any atom is 0.179 e. The second-order valence-electron chi connectivity index (χ2n) is 3.39. The van der Waals surface area contributed by atoms with E-state index in [0.29, 0.717) is 0 Å². The summed E-state index contributed by atoms with van der Waals surface area (Å²) in [7, 11) is 0. The number of aryl methyl sites for hydroxylation is 1. The zero-order valence-electron chi connectivity index (χ0n) is 7.92. The predicted molar refractivity (Wildman–Crippen MR) is 48.3 cm³/mol. The largest absolute Gasteiger partial charge is 0.370 e. The third-order valence-corrected chi connectivity index (χ3v) is 2.25. The molecule has 2 rings (SSSR count). The lowest BCUT2D eigenvalue weighted by Crippen LogP contribution is -1.98. The Hall–Kier alpha value is -0.900. The Kier molecular flexibility index (Phi) is 2.59. The first-order valence-corrected chi connectivity index (χ1v) is 4.93. The summed E-state index contributed by atoms with van der Waals surface area (Å²) < 4.78 is 5.49. The molecule has 0 radical (unpaired) electrons. The Labute approximate surface area is 77.7 Å². The van der Waals surface area contributed by atoms with Crippen LogP contribution in [0.4, 0.5) is 0 Å². The normalized spacial score (nSPS) is 22.4. The molecule has 1 unspecified atom stereocenters. The van der Waals surface area contributed by atoms with Gasteiger partial charge >= 0.3 is 0 Å². The molecule has 4 nitrogen and oxygen atoms in total. The van der Waals surface area contributed by atoms with E-state index in [-0.39, 0.29) is 6.10 Å². The van der Waals surface area contributed by atoms with Crippen LogP contribution in [0.1, 0.15) is 43.9 Å². The minimum absolute atomic E-state index is 0.141. The van der Waals surface area contributed by atoms with Crippen molar-refractivity contribution < 1.29 is 4.74 Å². The van der Waals surface area contributed by atoms with E-state index in [4.69, 9.17) is 4.74 Å². The number of ether oxygens (including phenoxy) is 1. The van der Waals surface area contributed by atoms with Crippen LogP contribution in [0.5, 0.6) is 0 Å². The van der Waals surface area contributed by atoms with Crippen LogP contribution in [0, 0.1) is 0 Å². The van der Waals surface area contributed by atoms with E-state index in [2.05, 4.69) is 22.1 Å². The van der Waals surface area contributed by atoms with E-state index in [0.717, 1.165) is 43.9 Å². The van der Waals surface area contributed by atoms with Gasteiger partial charge in [0, 0.05) is 13.0 Å². The van der Waals surface area contributed by atoms with Crippen LogP contribution in [0.3, 0.4) is 0 Å².